The first-order valence-corrected chi connectivity index (χ1v) is 10.2. The Bertz CT molecular complexity index is 821. The molecule has 1 aliphatic rings. The van der Waals surface area contributed by atoms with E-state index in [1.807, 2.05) is 24.3 Å². The number of hydrogen-bond donors (Lipinski definition) is 0. The summed E-state index contributed by atoms with van der Waals surface area (Å²) in [5, 5.41) is 0. The van der Waals surface area contributed by atoms with Gasteiger partial charge in [-0.1, -0.05) is 22.0 Å². The summed E-state index contributed by atoms with van der Waals surface area (Å²) in [5.74, 6) is 1.18. The standard InChI is InChI=1S/C21H23BrN2O4/c1-2-27-20(25)10-11-24(14-15-6-7-15)21(26)16-8-9-19(23-13-16)28-18-5-3-4-17(22)12-18/h3-5,8-9,12-13,15H,2,6-7,10-11,14H2,1H3. The van der Waals surface area contributed by atoms with Crippen LogP contribution in [-0.4, -0.2) is 41.5 Å². The van der Waals surface area contributed by atoms with Crippen LogP contribution >= 0.6 is 15.9 Å². The van der Waals surface area contributed by atoms with Gasteiger partial charge in [-0.25, -0.2) is 4.98 Å². The smallest absolute Gasteiger partial charge is 0.307 e. The second kappa shape index (κ2) is 9.68. The molecule has 0 bridgehead atoms. The molecule has 0 N–H and O–H groups in total. The molecule has 28 heavy (non-hydrogen) atoms. The van der Waals surface area contributed by atoms with Crippen molar-refractivity contribution in [1.29, 1.82) is 0 Å². The number of benzene rings is 1. The number of nitrogens with zero attached hydrogens (tertiary/aromatic N) is 2. The molecule has 0 spiro atoms. The number of carbonyl (C=O) groups is 2. The number of carbonyl (C=O) groups excluding carboxylic acids is 2. The molecule has 148 valence electrons. The molecule has 2 aromatic rings. The van der Waals surface area contributed by atoms with Gasteiger partial charge in [0, 0.05) is 29.8 Å². The van der Waals surface area contributed by atoms with Gasteiger partial charge in [-0.3, -0.25) is 9.59 Å². The van der Waals surface area contributed by atoms with Crippen LogP contribution < -0.4 is 4.74 Å². The first-order valence-electron chi connectivity index (χ1n) is 9.39. The normalized spacial score (nSPS) is 13.1. The lowest BCUT2D eigenvalue weighted by Gasteiger charge is -2.22. The summed E-state index contributed by atoms with van der Waals surface area (Å²) in [5.41, 5.74) is 0.478. The van der Waals surface area contributed by atoms with Crippen molar-refractivity contribution < 1.29 is 19.1 Å². The van der Waals surface area contributed by atoms with E-state index in [0.29, 0.717) is 42.8 Å². The summed E-state index contributed by atoms with van der Waals surface area (Å²) < 4.78 is 11.6. The fourth-order valence-corrected chi connectivity index (χ4v) is 3.13. The number of hydrogen-bond acceptors (Lipinski definition) is 5. The Morgan fingerprint density at radius 3 is 2.71 bits per heavy atom. The molecule has 0 aliphatic heterocycles. The van der Waals surface area contributed by atoms with E-state index < -0.39 is 0 Å². The lowest BCUT2D eigenvalue weighted by molar-refractivity contribution is -0.143. The largest absolute Gasteiger partial charge is 0.466 e. The number of halogens is 1. The second-order valence-corrected chi connectivity index (χ2v) is 7.61. The second-order valence-electron chi connectivity index (χ2n) is 6.69. The molecule has 0 atom stereocenters. The van der Waals surface area contributed by atoms with Gasteiger partial charge >= 0.3 is 5.97 Å². The highest BCUT2D eigenvalue weighted by molar-refractivity contribution is 9.10. The Kier molecular flexibility index (Phi) is 7.03. The molecule has 0 radical (unpaired) electrons. The van der Waals surface area contributed by atoms with E-state index in [0.717, 1.165) is 17.3 Å². The molecule has 1 aromatic carbocycles. The highest BCUT2D eigenvalue weighted by Gasteiger charge is 2.27. The van der Waals surface area contributed by atoms with Crippen LogP contribution in [0.4, 0.5) is 0 Å². The number of aromatic nitrogens is 1. The number of amides is 1. The maximum atomic E-state index is 12.9. The van der Waals surface area contributed by atoms with Gasteiger partial charge in [-0.2, -0.15) is 0 Å². The fraction of sp³-hybridized carbons (Fsp3) is 0.381. The van der Waals surface area contributed by atoms with Crippen molar-refractivity contribution in [1.82, 2.24) is 9.88 Å². The van der Waals surface area contributed by atoms with Crippen molar-refractivity contribution in [3.8, 4) is 11.6 Å². The third-order valence-electron chi connectivity index (χ3n) is 4.36. The zero-order valence-electron chi connectivity index (χ0n) is 15.8. The Morgan fingerprint density at radius 2 is 2.07 bits per heavy atom. The molecular formula is C21H23BrN2O4. The van der Waals surface area contributed by atoms with Crippen LogP contribution in [0, 0.1) is 5.92 Å². The van der Waals surface area contributed by atoms with Gasteiger partial charge in [0.1, 0.15) is 5.75 Å². The Morgan fingerprint density at radius 1 is 1.25 bits per heavy atom. The minimum Gasteiger partial charge on any atom is -0.466 e. The van der Waals surface area contributed by atoms with Crippen molar-refractivity contribution in [2.24, 2.45) is 5.92 Å². The molecule has 1 heterocycles. The third-order valence-corrected chi connectivity index (χ3v) is 4.85. The van der Waals surface area contributed by atoms with Gasteiger partial charge in [-0.15, -0.1) is 0 Å². The van der Waals surface area contributed by atoms with E-state index in [1.165, 1.54) is 6.20 Å². The van der Waals surface area contributed by atoms with Gasteiger partial charge in [0.25, 0.3) is 5.91 Å². The first-order chi connectivity index (χ1) is 13.5. The summed E-state index contributed by atoms with van der Waals surface area (Å²) in [6.07, 6.45) is 3.96. The van der Waals surface area contributed by atoms with E-state index in [2.05, 4.69) is 20.9 Å². The molecule has 1 saturated carbocycles. The van der Waals surface area contributed by atoms with E-state index >= 15 is 0 Å². The molecule has 1 fully saturated rings. The van der Waals surface area contributed by atoms with Gasteiger partial charge < -0.3 is 14.4 Å². The average molecular weight is 447 g/mol. The lowest BCUT2D eigenvalue weighted by Crippen LogP contribution is -2.35. The zero-order valence-corrected chi connectivity index (χ0v) is 17.4. The monoisotopic (exact) mass is 446 g/mol. The van der Waals surface area contributed by atoms with Crippen LogP contribution in [0.15, 0.2) is 47.1 Å². The van der Waals surface area contributed by atoms with Crippen LogP contribution in [0.2, 0.25) is 0 Å². The van der Waals surface area contributed by atoms with Crippen LogP contribution in [0.1, 0.15) is 36.5 Å². The maximum Gasteiger partial charge on any atom is 0.307 e. The summed E-state index contributed by atoms with van der Waals surface area (Å²) in [4.78, 5) is 30.5. The Balaban J connectivity index is 1.63. The van der Waals surface area contributed by atoms with Crippen LogP contribution in [0.25, 0.3) is 0 Å². The number of pyridine rings is 1. The summed E-state index contributed by atoms with van der Waals surface area (Å²) in [6, 6.07) is 10.8. The van der Waals surface area contributed by atoms with Gasteiger partial charge in [0.15, 0.2) is 0 Å². The van der Waals surface area contributed by atoms with Crippen molar-refractivity contribution >= 4 is 27.8 Å². The number of ether oxygens (including phenoxy) is 2. The predicted molar refractivity (Wildman–Crippen MR) is 108 cm³/mol. The fourth-order valence-electron chi connectivity index (χ4n) is 2.75. The maximum absolute atomic E-state index is 12.9. The van der Waals surface area contributed by atoms with Crippen molar-refractivity contribution in [2.45, 2.75) is 26.2 Å². The zero-order chi connectivity index (χ0) is 19.9. The summed E-state index contributed by atoms with van der Waals surface area (Å²) in [7, 11) is 0. The number of rotatable bonds is 9. The Hall–Kier alpha value is -2.41. The molecule has 0 unspecified atom stereocenters. The van der Waals surface area contributed by atoms with E-state index in [-0.39, 0.29) is 18.3 Å². The first kappa shape index (κ1) is 20.3. The molecule has 1 amide bonds. The van der Waals surface area contributed by atoms with E-state index in [9.17, 15) is 9.59 Å². The SMILES string of the molecule is CCOC(=O)CCN(CC1CC1)C(=O)c1ccc(Oc2cccc(Br)c2)nc1. The molecular weight excluding hydrogens is 424 g/mol. The topological polar surface area (TPSA) is 68.7 Å². The summed E-state index contributed by atoms with van der Waals surface area (Å²) >= 11 is 3.40. The average Bonchev–Trinajstić information content (AvgIpc) is 3.50. The predicted octanol–water partition coefficient (Wildman–Crippen LogP) is 4.44. The lowest BCUT2D eigenvalue weighted by atomic mass is 10.2. The van der Waals surface area contributed by atoms with Crippen molar-refractivity contribution in [3.05, 3.63) is 52.6 Å². The van der Waals surface area contributed by atoms with Gasteiger partial charge in [0.2, 0.25) is 5.88 Å². The van der Waals surface area contributed by atoms with Crippen molar-refractivity contribution in [2.75, 3.05) is 19.7 Å². The minimum absolute atomic E-state index is 0.127. The third kappa shape index (κ3) is 6.05. The van der Waals surface area contributed by atoms with Crippen LogP contribution in [0.5, 0.6) is 11.6 Å². The number of esters is 1. The molecule has 1 aliphatic carbocycles. The van der Waals surface area contributed by atoms with Gasteiger partial charge in [-0.05, 0) is 49.9 Å². The highest BCUT2D eigenvalue weighted by atomic mass is 79.9. The van der Waals surface area contributed by atoms with Crippen LogP contribution in [0.3, 0.4) is 0 Å². The molecule has 0 saturated heterocycles. The van der Waals surface area contributed by atoms with Gasteiger partial charge in [0.05, 0.1) is 18.6 Å². The molecule has 3 rings (SSSR count). The highest BCUT2D eigenvalue weighted by Crippen LogP contribution is 2.30. The molecule has 7 heteroatoms. The Labute approximate surface area is 173 Å². The molecule has 6 nitrogen and oxygen atoms in total. The van der Waals surface area contributed by atoms with E-state index in [4.69, 9.17) is 9.47 Å². The molecule has 1 aromatic heterocycles. The minimum atomic E-state index is -0.285. The summed E-state index contributed by atoms with van der Waals surface area (Å²) in [6.45, 7) is 3.13. The quantitative estimate of drug-likeness (QED) is 0.532. The van der Waals surface area contributed by atoms with E-state index in [1.54, 1.807) is 24.0 Å². The van der Waals surface area contributed by atoms with Crippen LogP contribution in [-0.2, 0) is 9.53 Å². The van der Waals surface area contributed by atoms with Crippen molar-refractivity contribution in [3.63, 3.8) is 0 Å².